The molecule has 3 aromatic rings. The Morgan fingerprint density at radius 2 is 1.71 bits per heavy atom. The second kappa shape index (κ2) is 12.5. The van der Waals surface area contributed by atoms with Crippen molar-refractivity contribution in [3.63, 3.8) is 0 Å². The van der Waals surface area contributed by atoms with Gasteiger partial charge in [0.15, 0.2) is 0 Å². The standard InChI is InChI=1S/C31H35FN2O4/c32-29(20-31(36)34-16-18-37-19-17-34)28-9-3-4-11-30(28)38-22-25(35)21-33-14-12-24(13-15-33)27-10-5-7-23-6-1-2-8-26(23)27/h1-11,20,24-25,35H,12-19,21-22H2. The van der Waals surface area contributed by atoms with E-state index in [9.17, 15) is 9.90 Å². The molecule has 7 heteroatoms. The zero-order chi connectivity index (χ0) is 26.3. The van der Waals surface area contributed by atoms with Crippen molar-refractivity contribution in [2.75, 3.05) is 52.5 Å². The van der Waals surface area contributed by atoms with Crippen LogP contribution in [0.25, 0.3) is 16.6 Å². The highest BCUT2D eigenvalue weighted by Crippen LogP contribution is 2.33. The van der Waals surface area contributed by atoms with Gasteiger partial charge < -0.3 is 24.4 Å². The first-order valence-electron chi connectivity index (χ1n) is 13.4. The van der Waals surface area contributed by atoms with Gasteiger partial charge in [0.2, 0.25) is 5.91 Å². The molecule has 2 heterocycles. The van der Waals surface area contributed by atoms with Gasteiger partial charge in [0, 0.05) is 25.7 Å². The van der Waals surface area contributed by atoms with Crippen molar-refractivity contribution in [1.82, 2.24) is 9.80 Å². The van der Waals surface area contributed by atoms with Gasteiger partial charge in [-0.15, -0.1) is 0 Å². The summed E-state index contributed by atoms with van der Waals surface area (Å²) in [4.78, 5) is 16.3. The van der Waals surface area contributed by atoms with Crippen molar-refractivity contribution < 1.29 is 23.8 Å². The summed E-state index contributed by atoms with van der Waals surface area (Å²) in [6.07, 6.45) is 2.37. The van der Waals surface area contributed by atoms with Gasteiger partial charge in [0.1, 0.15) is 24.3 Å². The van der Waals surface area contributed by atoms with Crippen molar-refractivity contribution in [2.45, 2.75) is 24.9 Å². The molecular weight excluding hydrogens is 483 g/mol. The van der Waals surface area contributed by atoms with E-state index < -0.39 is 11.9 Å². The lowest BCUT2D eigenvalue weighted by atomic mass is 9.86. The number of amides is 1. The number of likely N-dealkylation sites (tertiary alicyclic amines) is 1. The number of carbonyl (C=O) groups excluding carboxylic acids is 1. The maximum absolute atomic E-state index is 15.0. The van der Waals surface area contributed by atoms with Crippen LogP contribution in [0.5, 0.6) is 5.75 Å². The summed E-state index contributed by atoms with van der Waals surface area (Å²) >= 11 is 0. The monoisotopic (exact) mass is 518 g/mol. The molecule has 3 aromatic carbocycles. The number of piperidine rings is 1. The summed E-state index contributed by atoms with van der Waals surface area (Å²) < 4.78 is 26.1. The fraction of sp³-hybridized carbons (Fsp3) is 0.387. The molecule has 38 heavy (non-hydrogen) atoms. The highest BCUT2D eigenvalue weighted by atomic mass is 19.1. The average molecular weight is 519 g/mol. The van der Waals surface area contributed by atoms with Gasteiger partial charge in [0.25, 0.3) is 0 Å². The molecule has 2 saturated heterocycles. The number of rotatable bonds is 8. The molecule has 2 aliphatic rings. The van der Waals surface area contributed by atoms with Crippen LogP contribution in [0.2, 0.25) is 0 Å². The van der Waals surface area contributed by atoms with Crippen LogP contribution >= 0.6 is 0 Å². The lowest BCUT2D eigenvalue weighted by Gasteiger charge is -2.33. The summed E-state index contributed by atoms with van der Waals surface area (Å²) in [5.41, 5.74) is 1.61. The minimum atomic E-state index is -0.709. The van der Waals surface area contributed by atoms with Crippen molar-refractivity contribution in [3.05, 3.63) is 83.9 Å². The van der Waals surface area contributed by atoms with Gasteiger partial charge in [-0.25, -0.2) is 4.39 Å². The van der Waals surface area contributed by atoms with Crippen LogP contribution in [0.15, 0.2) is 72.8 Å². The van der Waals surface area contributed by atoms with Gasteiger partial charge >= 0.3 is 0 Å². The van der Waals surface area contributed by atoms with Gasteiger partial charge in [-0.2, -0.15) is 0 Å². The number of benzene rings is 3. The van der Waals surface area contributed by atoms with E-state index in [-0.39, 0.29) is 18.1 Å². The third-order valence-corrected chi connectivity index (χ3v) is 7.47. The largest absolute Gasteiger partial charge is 0.490 e. The Bertz CT molecular complexity index is 1260. The molecule has 1 atom stereocenters. The first-order chi connectivity index (χ1) is 18.6. The number of hydrogen-bond acceptors (Lipinski definition) is 5. The maximum atomic E-state index is 15.0. The number of para-hydroxylation sites is 1. The third kappa shape index (κ3) is 6.41. The van der Waals surface area contributed by atoms with Crippen LogP contribution in [0.1, 0.15) is 29.9 Å². The van der Waals surface area contributed by atoms with E-state index in [1.165, 1.54) is 16.3 Å². The summed E-state index contributed by atoms with van der Waals surface area (Å²) in [5.74, 6) is -0.216. The Balaban J connectivity index is 1.13. The van der Waals surface area contributed by atoms with Crippen molar-refractivity contribution in [2.24, 2.45) is 0 Å². The van der Waals surface area contributed by atoms with E-state index in [1.807, 2.05) is 0 Å². The summed E-state index contributed by atoms with van der Waals surface area (Å²) in [6, 6.07) is 21.8. The van der Waals surface area contributed by atoms with E-state index in [2.05, 4.69) is 47.4 Å². The Hall–Kier alpha value is -3.26. The fourth-order valence-corrected chi connectivity index (χ4v) is 5.42. The summed E-state index contributed by atoms with van der Waals surface area (Å²) in [5, 5.41) is 13.3. The van der Waals surface area contributed by atoms with Gasteiger partial charge in [-0.05, 0) is 60.3 Å². The molecule has 0 aromatic heterocycles. The number of morpholine rings is 1. The highest BCUT2D eigenvalue weighted by molar-refractivity contribution is 5.94. The van der Waals surface area contributed by atoms with Crippen LogP contribution in [-0.4, -0.2) is 79.5 Å². The molecule has 1 unspecified atom stereocenters. The van der Waals surface area contributed by atoms with Crippen LogP contribution < -0.4 is 4.74 Å². The topological polar surface area (TPSA) is 62.2 Å². The SMILES string of the molecule is O=C(C=C(F)c1ccccc1OCC(O)CN1CCC(c2cccc3ccccc23)CC1)N1CCOCC1. The number of carbonyl (C=O) groups is 1. The third-order valence-electron chi connectivity index (χ3n) is 7.47. The van der Waals surface area contributed by atoms with Crippen molar-refractivity contribution in [3.8, 4) is 5.75 Å². The van der Waals surface area contributed by atoms with Gasteiger partial charge in [-0.3, -0.25) is 4.79 Å². The average Bonchev–Trinajstić information content (AvgIpc) is 2.97. The Morgan fingerprint density at radius 3 is 2.53 bits per heavy atom. The number of aliphatic hydroxyl groups excluding tert-OH is 1. The molecular formula is C31H35FN2O4. The molecule has 0 aliphatic carbocycles. The number of aliphatic hydroxyl groups is 1. The minimum Gasteiger partial charge on any atom is -0.490 e. The predicted octanol–water partition coefficient (Wildman–Crippen LogP) is 4.63. The van der Waals surface area contributed by atoms with E-state index >= 15 is 4.39 Å². The summed E-state index contributed by atoms with van der Waals surface area (Å²) in [6.45, 7) is 4.17. The van der Waals surface area contributed by atoms with E-state index in [0.717, 1.165) is 32.0 Å². The summed E-state index contributed by atoms with van der Waals surface area (Å²) in [7, 11) is 0. The lowest BCUT2D eigenvalue weighted by molar-refractivity contribution is -0.129. The second-order valence-electron chi connectivity index (χ2n) is 10.0. The molecule has 200 valence electrons. The molecule has 0 radical (unpaired) electrons. The Kier molecular flexibility index (Phi) is 8.68. The molecule has 2 aliphatic heterocycles. The van der Waals surface area contributed by atoms with Crippen LogP contribution in [0.3, 0.4) is 0 Å². The molecule has 1 amide bonds. The van der Waals surface area contributed by atoms with Gasteiger partial charge in [0.05, 0.1) is 18.8 Å². The quantitative estimate of drug-likeness (QED) is 0.441. The Labute approximate surface area is 223 Å². The van der Waals surface area contributed by atoms with Crippen LogP contribution in [0, 0.1) is 0 Å². The maximum Gasteiger partial charge on any atom is 0.249 e. The molecule has 1 N–H and O–H groups in total. The number of halogens is 1. The molecule has 5 rings (SSSR count). The minimum absolute atomic E-state index is 0.0466. The number of ether oxygens (including phenoxy) is 2. The van der Waals surface area contributed by atoms with E-state index in [0.29, 0.717) is 44.5 Å². The van der Waals surface area contributed by atoms with E-state index in [4.69, 9.17) is 9.47 Å². The van der Waals surface area contributed by atoms with Crippen molar-refractivity contribution >= 4 is 22.5 Å². The van der Waals surface area contributed by atoms with Gasteiger partial charge in [-0.1, -0.05) is 54.6 Å². The van der Waals surface area contributed by atoms with Crippen LogP contribution in [0.4, 0.5) is 4.39 Å². The van der Waals surface area contributed by atoms with Crippen LogP contribution in [-0.2, 0) is 9.53 Å². The normalized spacial score (nSPS) is 18.5. The van der Waals surface area contributed by atoms with E-state index in [1.54, 1.807) is 29.2 Å². The number of nitrogens with zero attached hydrogens (tertiary/aromatic N) is 2. The Morgan fingerprint density at radius 1 is 1.00 bits per heavy atom. The first-order valence-corrected chi connectivity index (χ1v) is 13.4. The molecule has 0 bridgehead atoms. The van der Waals surface area contributed by atoms with Crippen molar-refractivity contribution in [1.29, 1.82) is 0 Å². The number of β-amino-alcohol motifs (C(OH)–C–C–N with tert-alkyl or cyclic N) is 1. The fourth-order valence-electron chi connectivity index (χ4n) is 5.42. The molecule has 0 spiro atoms. The predicted molar refractivity (Wildman–Crippen MR) is 147 cm³/mol. The molecule has 0 saturated carbocycles. The second-order valence-corrected chi connectivity index (χ2v) is 10.0. The number of fused-ring (bicyclic) bond motifs is 1. The lowest BCUT2D eigenvalue weighted by Crippen LogP contribution is -2.40. The smallest absolute Gasteiger partial charge is 0.249 e. The number of hydrogen-bond donors (Lipinski definition) is 1. The molecule has 2 fully saturated rings. The highest BCUT2D eigenvalue weighted by Gasteiger charge is 2.24. The zero-order valence-corrected chi connectivity index (χ0v) is 21.6. The zero-order valence-electron chi connectivity index (χ0n) is 21.6. The molecule has 6 nitrogen and oxygen atoms in total. The first kappa shape index (κ1) is 26.4.